The molecule has 1 heterocycles. The molecule has 3 atom stereocenters. The number of hydrogen-bond donors (Lipinski definition) is 3. The molecule has 7 nitrogen and oxygen atoms in total. The predicted octanol–water partition coefficient (Wildman–Crippen LogP) is 0.263. The molecule has 0 aromatic rings. The van der Waals surface area contributed by atoms with Gasteiger partial charge in [-0.2, -0.15) is 0 Å². The van der Waals surface area contributed by atoms with Crippen LogP contribution in [-0.2, 0) is 9.59 Å². The maximum atomic E-state index is 12.1. The van der Waals surface area contributed by atoms with Crippen LogP contribution in [0.25, 0.3) is 0 Å². The highest BCUT2D eigenvalue weighted by atomic mass is 16.4. The largest absolute Gasteiger partial charge is 0.480 e. The fourth-order valence-corrected chi connectivity index (χ4v) is 2.48. The van der Waals surface area contributed by atoms with Gasteiger partial charge in [-0.05, 0) is 25.2 Å². The molecule has 0 saturated carbocycles. The number of urea groups is 1. The SMILES string of the molecule is CC1CC(C)C(C)N(C(=O)NCC(=O)NCC(=O)O)C1. The van der Waals surface area contributed by atoms with Gasteiger partial charge in [0.05, 0.1) is 6.54 Å². The standard InChI is InChI=1S/C13H23N3O4/c1-8-4-9(2)10(3)16(7-8)13(20)15-5-11(17)14-6-12(18)19/h8-10H,4-7H2,1-3H3,(H,14,17)(H,15,20)(H,18,19). The highest BCUT2D eigenvalue weighted by Gasteiger charge is 2.31. The molecule has 1 rings (SSSR count). The Balaban J connectivity index is 2.41. The molecule has 0 aliphatic carbocycles. The Morgan fingerprint density at radius 3 is 2.40 bits per heavy atom. The lowest BCUT2D eigenvalue weighted by Crippen LogP contribution is -2.53. The summed E-state index contributed by atoms with van der Waals surface area (Å²) in [5.41, 5.74) is 0. The van der Waals surface area contributed by atoms with E-state index >= 15 is 0 Å². The molecular weight excluding hydrogens is 262 g/mol. The highest BCUT2D eigenvalue weighted by Crippen LogP contribution is 2.26. The van der Waals surface area contributed by atoms with E-state index in [0.29, 0.717) is 18.4 Å². The van der Waals surface area contributed by atoms with E-state index in [1.165, 1.54) is 0 Å². The molecule has 20 heavy (non-hydrogen) atoms. The zero-order valence-electron chi connectivity index (χ0n) is 12.2. The predicted molar refractivity (Wildman–Crippen MR) is 73.2 cm³/mol. The van der Waals surface area contributed by atoms with Crippen molar-refractivity contribution >= 4 is 17.9 Å². The van der Waals surface area contributed by atoms with Crippen LogP contribution in [-0.4, -0.2) is 53.6 Å². The first-order valence-corrected chi connectivity index (χ1v) is 6.84. The summed E-state index contributed by atoms with van der Waals surface area (Å²) in [6.45, 7) is 6.23. The molecular formula is C13H23N3O4. The van der Waals surface area contributed by atoms with Crippen molar-refractivity contribution in [3.63, 3.8) is 0 Å². The number of carboxylic acid groups (broad SMARTS) is 1. The number of hydrogen-bond acceptors (Lipinski definition) is 3. The molecule has 0 radical (unpaired) electrons. The molecule has 1 fully saturated rings. The molecule has 3 amide bonds. The van der Waals surface area contributed by atoms with Crippen molar-refractivity contribution in [3.8, 4) is 0 Å². The molecule has 1 aliphatic heterocycles. The first-order valence-electron chi connectivity index (χ1n) is 6.84. The lowest BCUT2D eigenvalue weighted by Gasteiger charge is -2.40. The Morgan fingerprint density at radius 2 is 1.80 bits per heavy atom. The minimum absolute atomic E-state index is 0.133. The highest BCUT2D eigenvalue weighted by molar-refractivity contribution is 5.86. The third-order valence-electron chi connectivity index (χ3n) is 3.70. The Bertz CT molecular complexity index is 386. The Labute approximate surface area is 118 Å². The summed E-state index contributed by atoms with van der Waals surface area (Å²) < 4.78 is 0. The number of nitrogens with one attached hydrogen (secondary N) is 2. The van der Waals surface area contributed by atoms with Gasteiger partial charge >= 0.3 is 12.0 Å². The molecule has 1 aliphatic rings. The Kier molecular flexibility index (Phi) is 5.79. The Hall–Kier alpha value is -1.79. The van der Waals surface area contributed by atoms with E-state index in [2.05, 4.69) is 24.5 Å². The molecule has 3 N–H and O–H groups in total. The topological polar surface area (TPSA) is 98.7 Å². The van der Waals surface area contributed by atoms with Gasteiger partial charge in [0.2, 0.25) is 5.91 Å². The maximum Gasteiger partial charge on any atom is 0.322 e. The minimum Gasteiger partial charge on any atom is -0.480 e. The summed E-state index contributed by atoms with van der Waals surface area (Å²) >= 11 is 0. The van der Waals surface area contributed by atoms with E-state index in [4.69, 9.17) is 5.11 Å². The average Bonchev–Trinajstić information content (AvgIpc) is 2.37. The smallest absolute Gasteiger partial charge is 0.322 e. The van der Waals surface area contributed by atoms with Gasteiger partial charge in [-0.1, -0.05) is 13.8 Å². The first-order chi connectivity index (χ1) is 9.31. The van der Waals surface area contributed by atoms with Crippen LogP contribution < -0.4 is 10.6 Å². The van der Waals surface area contributed by atoms with Crippen LogP contribution in [0.15, 0.2) is 0 Å². The van der Waals surface area contributed by atoms with Crippen LogP contribution >= 0.6 is 0 Å². The van der Waals surface area contributed by atoms with Gasteiger partial charge in [0.1, 0.15) is 6.54 Å². The molecule has 3 unspecified atom stereocenters. The van der Waals surface area contributed by atoms with E-state index < -0.39 is 18.4 Å². The normalized spacial score (nSPS) is 25.9. The van der Waals surface area contributed by atoms with E-state index in [1.54, 1.807) is 4.90 Å². The van der Waals surface area contributed by atoms with Crippen molar-refractivity contribution in [2.24, 2.45) is 11.8 Å². The zero-order chi connectivity index (χ0) is 15.3. The second-order valence-electron chi connectivity index (χ2n) is 5.54. The summed E-state index contributed by atoms with van der Waals surface area (Å²) in [6, 6.07) is -0.144. The summed E-state index contributed by atoms with van der Waals surface area (Å²) in [5, 5.41) is 13.2. The second kappa shape index (κ2) is 7.12. The number of piperidine rings is 1. The lowest BCUT2D eigenvalue weighted by molar-refractivity contribution is -0.137. The Morgan fingerprint density at radius 1 is 1.15 bits per heavy atom. The molecule has 7 heteroatoms. The molecule has 0 aromatic carbocycles. The van der Waals surface area contributed by atoms with E-state index in [-0.39, 0.29) is 18.6 Å². The third-order valence-corrected chi connectivity index (χ3v) is 3.70. The van der Waals surface area contributed by atoms with Gasteiger partial charge in [-0.15, -0.1) is 0 Å². The van der Waals surface area contributed by atoms with Gasteiger partial charge in [0.25, 0.3) is 0 Å². The number of amides is 3. The number of rotatable bonds is 4. The third kappa shape index (κ3) is 4.71. The fraction of sp³-hybridized carbons (Fsp3) is 0.769. The van der Waals surface area contributed by atoms with Crippen LogP contribution in [0.1, 0.15) is 27.2 Å². The van der Waals surface area contributed by atoms with Crippen LogP contribution in [0.4, 0.5) is 4.79 Å². The minimum atomic E-state index is -1.11. The molecule has 0 aromatic heterocycles. The summed E-state index contributed by atoms with van der Waals surface area (Å²) in [4.78, 5) is 35.4. The summed E-state index contributed by atoms with van der Waals surface area (Å²) in [6.07, 6.45) is 1.09. The zero-order valence-corrected chi connectivity index (χ0v) is 12.2. The summed E-state index contributed by atoms with van der Waals surface area (Å²) in [7, 11) is 0. The van der Waals surface area contributed by atoms with Gasteiger partial charge < -0.3 is 20.6 Å². The van der Waals surface area contributed by atoms with Gasteiger partial charge in [-0.3, -0.25) is 9.59 Å². The molecule has 1 saturated heterocycles. The number of carboxylic acids is 1. The van der Waals surface area contributed by atoms with Crippen molar-refractivity contribution in [2.75, 3.05) is 19.6 Å². The monoisotopic (exact) mass is 285 g/mol. The van der Waals surface area contributed by atoms with Crippen LogP contribution in [0, 0.1) is 11.8 Å². The van der Waals surface area contributed by atoms with Gasteiger partial charge in [-0.25, -0.2) is 4.79 Å². The number of aliphatic carboxylic acids is 1. The van der Waals surface area contributed by atoms with Crippen molar-refractivity contribution in [1.29, 1.82) is 0 Å². The average molecular weight is 285 g/mol. The van der Waals surface area contributed by atoms with Crippen molar-refractivity contribution < 1.29 is 19.5 Å². The van der Waals surface area contributed by atoms with Crippen molar-refractivity contribution in [1.82, 2.24) is 15.5 Å². The number of nitrogens with zero attached hydrogens (tertiary/aromatic N) is 1. The number of likely N-dealkylation sites (tertiary alicyclic amines) is 1. The second-order valence-corrected chi connectivity index (χ2v) is 5.54. The van der Waals surface area contributed by atoms with E-state index in [9.17, 15) is 14.4 Å². The van der Waals surface area contributed by atoms with Gasteiger partial charge in [0.15, 0.2) is 0 Å². The van der Waals surface area contributed by atoms with E-state index in [1.807, 2.05) is 6.92 Å². The molecule has 114 valence electrons. The van der Waals surface area contributed by atoms with Crippen molar-refractivity contribution in [3.05, 3.63) is 0 Å². The van der Waals surface area contributed by atoms with Crippen LogP contribution in [0.3, 0.4) is 0 Å². The fourth-order valence-electron chi connectivity index (χ4n) is 2.48. The van der Waals surface area contributed by atoms with Crippen molar-refractivity contribution in [2.45, 2.75) is 33.2 Å². The number of carbonyl (C=O) groups excluding carboxylic acids is 2. The van der Waals surface area contributed by atoms with Gasteiger partial charge in [0, 0.05) is 12.6 Å². The number of carbonyl (C=O) groups is 3. The summed E-state index contributed by atoms with van der Waals surface area (Å²) in [5.74, 6) is -0.762. The maximum absolute atomic E-state index is 12.1. The van der Waals surface area contributed by atoms with Crippen LogP contribution in [0.2, 0.25) is 0 Å². The van der Waals surface area contributed by atoms with Crippen LogP contribution in [0.5, 0.6) is 0 Å². The molecule has 0 spiro atoms. The first kappa shape index (κ1) is 16.3. The lowest BCUT2D eigenvalue weighted by atomic mass is 9.86. The molecule has 0 bridgehead atoms. The van der Waals surface area contributed by atoms with E-state index in [0.717, 1.165) is 6.42 Å². The quantitative estimate of drug-likeness (QED) is 0.690.